The van der Waals surface area contributed by atoms with E-state index in [1.807, 2.05) is 24.3 Å². The fourth-order valence-electron chi connectivity index (χ4n) is 2.03. The van der Waals surface area contributed by atoms with Crippen LogP contribution in [-0.2, 0) is 9.59 Å². The molecule has 1 aromatic rings. The molecule has 2 rings (SSSR count). The Morgan fingerprint density at radius 3 is 2.70 bits per heavy atom. The van der Waals surface area contributed by atoms with Crippen molar-refractivity contribution >= 4 is 33.9 Å². The van der Waals surface area contributed by atoms with Crippen LogP contribution in [-0.4, -0.2) is 23.0 Å². The zero-order chi connectivity index (χ0) is 14.5. The second kappa shape index (κ2) is 6.70. The minimum Gasteiger partial charge on any atom is -0.481 e. The number of aliphatic carboxylic acids is 1. The number of benzene rings is 1. The Kier molecular flexibility index (Phi) is 4.95. The van der Waals surface area contributed by atoms with E-state index in [0.29, 0.717) is 5.92 Å². The maximum atomic E-state index is 11.8. The summed E-state index contributed by atoms with van der Waals surface area (Å²) < 4.78 is 0.910. The minimum absolute atomic E-state index is 0.0146. The molecule has 1 amide bonds. The van der Waals surface area contributed by atoms with Gasteiger partial charge in [-0.1, -0.05) is 34.1 Å². The number of halogens is 1. The van der Waals surface area contributed by atoms with Gasteiger partial charge in [0.1, 0.15) is 0 Å². The van der Waals surface area contributed by atoms with Gasteiger partial charge < -0.3 is 10.4 Å². The molecule has 2 N–H and O–H groups in total. The number of carbonyl (C=O) groups is 2. The van der Waals surface area contributed by atoms with Crippen molar-refractivity contribution in [3.05, 3.63) is 40.4 Å². The predicted molar refractivity (Wildman–Crippen MR) is 80.1 cm³/mol. The van der Waals surface area contributed by atoms with Crippen LogP contribution in [0.25, 0.3) is 6.08 Å². The summed E-state index contributed by atoms with van der Waals surface area (Å²) in [5, 5.41) is 11.6. The summed E-state index contributed by atoms with van der Waals surface area (Å²) in [6, 6.07) is 7.32. The molecule has 0 radical (unpaired) electrons. The lowest BCUT2D eigenvalue weighted by atomic mass is 10.1. The molecule has 0 bridgehead atoms. The summed E-state index contributed by atoms with van der Waals surface area (Å²) in [5.41, 5.74) is 0.906. The number of carboxylic acid groups (broad SMARTS) is 1. The molecule has 1 unspecified atom stereocenters. The van der Waals surface area contributed by atoms with Crippen LogP contribution >= 0.6 is 15.9 Å². The van der Waals surface area contributed by atoms with E-state index >= 15 is 0 Å². The monoisotopic (exact) mass is 337 g/mol. The predicted octanol–water partition coefficient (Wildman–Crippen LogP) is 2.83. The topological polar surface area (TPSA) is 66.4 Å². The first-order valence-corrected chi connectivity index (χ1v) is 7.30. The van der Waals surface area contributed by atoms with Gasteiger partial charge >= 0.3 is 5.97 Å². The fourth-order valence-corrected chi connectivity index (χ4v) is 2.45. The quantitative estimate of drug-likeness (QED) is 0.784. The Morgan fingerprint density at radius 2 is 2.10 bits per heavy atom. The molecule has 0 aliphatic heterocycles. The molecular formula is C15H16BrNO3. The zero-order valence-corrected chi connectivity index (χ0v) is 12.5. The van der Waals surface area contributed by atoms with Crippen molar-refractivity contribution in [1.29, 1.82) is 0 Å². The van der Waals surface area contributed by atoms with Gasteiger partial charge in [0.15, 0.2) is 0 Å². The molecule has 0 aromatic heterocycles. The van der Waals surface area contributed by atoms with Crippen LogP contribution in [0.15, 0.2) is 34.8 Å². The van der Waals surface area contributed by atoms with Crippen molar-refractivity contribution in [2.45, 2.75) is 25.3 Å². The van der Waals surface area contributed by atoms with Gasteiger partial charge in [0.2, 0.25) is 5.91 Å². The van der Waals surface area contributed by atoms with Gasteiger partial charge in [-0.25, -0.2) is 0 Å². The van der Waals surface area contributed by atoms with Crippen molar-refractivity contribution in [1.82, 2.24) is 5.32 Å². The Bertz CT molecular complexity index is 538. The van der Waals surface area contributed by atoms with Gasteiger partial charge in [0, 0.05) is 16.6 Å². The highest BCUT2D eigenvalue weighted by Gasteiger charge is 2.33. The van der Waals surface area contributed by atoms with Gasteiger partial charge in [-0.15, -0.1) is 0 Å². The van der Waals surface area contributed by atoms with Gasteiger partial charge in [0.05, 0.1) is 6.42 Å². The summed E-state index contributed by atoms with van der Waals surface area (Å²) >= 11 is 3.40. The first kappa shape index (κ1) is 14.8. The highest BCUT2D eigenvalue weighted by molar-refractivity contribution is 9.10. The zero-order valence-electron chi connectivity index (χ0n) is 10.9. The molecule has 4 nitrogen and oxygen atoms in total. The van der Waals surface area contributed by atoms with Crippen molar-refractivity contribution in [2.24, 2.45) is 5.92 Å². The average molecular weight is 338 g/mol. The van der Waals surface area contributed by atoms with E-state index in [9.17, 15) is 9.59 Å². The Morgan fingerprint density at radius 1 is 1.40 bits per heavy atom. The number of carboxylic acids is 1. The Balaban J connectivity index is 1.94. The lowest BCUT2D eigenvalue weighted by Crippen LogP contribution is -2.37. The van der Waals surface area contributed by atoms with Crippen LogP contribution in [0.2, 0.25) is 0 Å². The molecule has 0 spiro atoms. The van der Waals surface area contributed by atoms with Crippen LogP contribution in [0.1, 0.15) is 24.8 Å². The van der Waals surface area contributed by atoms with E-state index in [4.69, 9.17) is 5.11 Å². The molecule has 106 valence electrons. The Labute approximate surface area is 126 Å². The van der Waals surface area contributed by atoms with Crippen molar-refractivity contribution in [3.8, 4) is 0 Å². The van der Waals surface area contributed by atoms with E-state index in [1.165, 1.54) is 6.08 Å². The molecule has 1 aromatic carbocycles. The third-order valence-corrected chi connectivity index (χ3v) is 3.95. The van der Waals surface area contributed by atoms with Crippen LogP contribution in [0, 0.1) is 5.92 Å². The molecule has 0 saturated heterocycles. The van der Waals surface area contributed by atoms with E-state index in [2.05, 4.69) is 21.2 Å². The number of hydrogen-bond acceptors (Lipinski definition) is 2. The van der Waals surface area contributed by atoms with Crippen molar-refractivity contribution in [3.63, 3.8) is 0 Å². The number of nitrogens with one attached hydrogen (secondary N) is 1. The summed E-state index contributed by atoms with van der Waals surface area (Å²) in [6.07, 6.45) is 5.12. The average Bonchev–Trinajstić information content (AvgIpc) is 3.21. The standard InChI is InChI=1S/C15H16BrNO3/c16-12-4-2-1-3-10(12)7-8-14(18)17-13(9-15(19)20)11-5-6-11/h1-4,7-8,11,13H,5-6,9H2,(H,17,18)(H,19,20)/b8-7+. The maximum absolute atomic E-state index is 11.8. The van der Waals surface area contributed by atoms with Crippen LogP contribution in [0.5, 0.6) is 0 Å². The Hall–Kier alpha value is -1.62. The summed E-state index contributed by atoms with van der Waals surface area (Å²) in [6.45, 7) is 0. The van der Waals surface area contributed by atoms with E-state index in [1.54, 1.807) is 6.08 Å². The summed E-state index contributed by atoms with van der Waals surface area (Å²) in [4.78, 5) is 22.6. The smallest absolute Gasteiger partial charge is 0.305 e. The SMILES string of the molecule is O=C(O)CC(NC(=O)/C=C/c1ccccc1Br)C1CC1. The molecule has 20 heavy (non-hydrogen) atoms. The minimum atomic E-state index is -0.878. The number of carbonyl (C=O) groups excluding carboxylic acids is 1. The lowest BCUT2D eigenvalue weighted by molar-refractivity contribution is -0.137. The van der Waals surface area contributed by atoms with Gasteiger partial charge in [-0.3, -0.25) is 9.59 Å². The number of hydrogen-bond donors (Lipinski definition) is 2. The van der Waals surface area contributed by atoms with Gasteiger partial charge in [0.25, 0.3) is 0 Å². The van der Waals surface area contributed by atoms with Crippen LogP contribution < -0.4 is 5.32 Å². The van der Waals surface area contributed by atoms with E-state index < -0.39 is 5.97 Å². The summed E-state index contributed by atoms with van der Waals surface area (Å²) in [5.74, 6) is -0.817. The van der Waals surface area contributed by atoms with Crippen LogP contribution in [0.4, 0.5) is 0 Å². The third-order valence-electron chi connectivity index (χ3n) is 3.23. The largest absolute Gasteiger partial charge is 0.481 e. The third kappa shape index (κ3) is 4.49. The number of rotatable bonds is 6. The highest BCUT2D eigenvalue weighted by Crippen LogP contribution is 2.34. The second-order valence-corrected chi connectivity index (χ2v) is 5.76. The van der Waals surface area contributed by atoms with Gasteiger partial charge in [-0.05, 0) is 36.5 Å². The van der Waals surface area contributed by atoms with Crippen molar-refractivity contribution in [2.75, 3.05) is 0 Å². The molecule has 0 heterocycles. The van der Waals surface area contributed by atoms with Crippen molar-refractivity contribution < 1.29 is 14.7 Å². The highest BCUT2D eigenvalue weighted by atomic mass is 79.9. The molecule has 1 saturated carbocycles. The molecule has 1 aliphatic rings. The fraction of sp³-hybridized carbons (Fsp3) is 0.333. The molecular weight excluding hydrogens is 322 g/mol. The van der Waals surface area contributed by atoms with Crippen LogP contribution in [0.3, 0.4) is 0 Å². The first-order chi connectivity index (χ1) is 9.56. The molecule has 1 atom stereocenters. The normalized spacial score (nSPS) is 16.1. The van der Waals surface area contributed by atoms with Gasteiger partial charge in [-0.2, -0.15) is 0 Å². The molecule has 1 aliphatic carbocycles. The maximum Gasteiger partial charge on any atom is 0.305 e. The molecule has 1 fully saturated rings. The number of amides is 1. The summed E-state index contributed by atoms with van der Waals surface area (Å²) in [7, 11) is 0. The second-order valence-electron chi connectivity index (χ2n) is 4.91. The molecule has 5 heteroatoms. The van der Waals surface area contributed by atoms with E-state index in [0.717, 1.165) is 22.9 Å². The lowest BCUT2D eigenvalue weighted by Gasteiger charge is -2.14. The van der Waals surface area contributed by atoms with E-state index in [-0.39, 0.29) is 18.4 Å². The first-order valence-electron chi connectivity index (χ1n) is 6.51.